The lowest BCUT2D eigenvalue weighted by molar-refractivity contribution is -0.126. The average molecular weight is 251 g/mol. The van der Waals surface area contributed by atoms with Crippen LogP contribution in [0.4, 0.5) is 0 Å². The van der Waals surface area contributed by atoms with Gasteiger partial charge in [-0.05, 0) is 19.4 Å². The van der Waals surface area contributed by atoms with E-state index in [1.165, 1.54) is 0 Å². The first kappa shape index (κ1) is 14.7. The normalized spacial score (nSPS) is 13.1. The number of carbonyl (C=O) groups is 1. The molecule has 4 heteroatoms. The van der Waals surface area contributed by atoms with Crippen LogP contribution in [-0.2, 0) is 9.53 Å². The van der Waals surface area contributed by atoms with Crippen molar-refractivity contribution in [2.75, 3.05) is 13.7 Å². The minimum absolute atomic E-state index is 0.128. The Labute approximate surface area is 108 Å². The predicted octanol–water partition coefficient (Wildman–Crippen LogP) is 1.65. The molecule has 1 rings (SSSR count). The molecule has 0 saturated carbocycles. The van der Waals surface area contributed by atoms with Crippen LogP contribution < -0.4 is 5.32 Å². The molecule has 0 radical (unpaired) electrons. The lowest BCUT2D eigenvalue weighted by Gasteiger charge is -2.22. The first-order valence-corrected chi connectivity index (χ1v) is 5.99. The van der Waals surface area contributed by atoms with E-state index in [0.717, 1.165) is 5.56 Å². The molecule has 1 aromatic rings. The smallest absolute Gasteiger partial charge is 0.222 e. The minimum Gasteiger partial charge on any atom is -0.387 e. The maximum absolute atomic E-state index is 11.7. The van der Waals surface area contributed by atoms with Crippen LogP contribution in [0.5, 0.6) is 0 Å². The Morgan fingerprint density at radius 3 is 2.56 bits per heavy atom. The first-order valence-electron chi connectivity index (χ1n) is 5.99. The van der Waals surface area contributed by atoms with Crippen LogP contribution in [0.3, 0.4) is 0 Å². The molecule has 0 bridgehead atoms. The molecule has 0 aliphatic heterocycles. The maximum atomic E-state index is 11.7. The summed E-state index contributed by atoms with van der Waals surface area (Å²) < 4.78 is 5.18. The summed E-state index contributed by atoms with van der Waals surface area (Å²) in [6.45, 7) is 3.91. The molecule has 0 aromatic heterocycles. The molecule has 100 valence electrons. The number of ether oxygens (including phenoxy) is 1. The molecule has 1 amide bonds. The molecule has 4 nitrogen and oxygen atoms in total. The fourth-order valence-corrected chi connectivity index (χ4v) is 1.52. The van der Waals surface area contributed by atoms with Crippen molar-refractivity contribution < 1.29 is 14.6 Å². The molecule has 0 aliphatic rings. The zero-order chi connectivity index (χ0) is 13.6. The number of nitrogens with one attached hydrogen (secondary N) is 1. The summed E-state index contributed by atoms with van der Waals surface area (Å²) in [6.07, 6.45) is -0.411. The molecule has 0 heterocycles. The fourth-order valence-electron chi connectivity index (χ4n) is 1.52. The van der Waals surface area contributed by atoms with Crippen molar-refractivity contribution in [3.05, 3.63) is 35.9 Å². The highest BCUT2D eigenvalue weighted by Crippen LogP contribution is 2.13. The lowest BCUT2D eigenvalue weighted by Crippen LogP contribution is -2.35. The van der Waals surface area contributed by atoms with Gasteiger partial charge in [-0.25, -0.2) is 0 Å². The van der Waals surface area contributed by atoms with Gasteiger partial charge in [0, 0.05) is 13.7 Å². The Bertz CT molecular complexity index is 376. The second kappa shape index (κ2) is 6.52. The van der Waals surface area contributed by atoms with Gasteiger partial charge in [-0.3, -0.25) is 4.79 Å². The molecule has 1 aromatic carbocycles. The number of carbonyl (C=O) groups excluding carboxylic acids is 1. The maximum Gasteiger partial charge on any atom is 0.222 e. The molecule has 2 N–H and O–H groups in total. The highest BCUT2D eigenvalue weighted by atomic mass is 16.5. The highest BCUT2D eigenvalue weighted by Gasteiger charge is 2.21. The van der Waals surface area contributed by atoms with E-state index in [1.54, 1.807) is 7.11 Å². The number of hydrogen-bond acceptors (Lipinski definition) is 3. The SMILES string of the molecule is COC(C)(C)CC(=O)NCC(O)c1ccccc1. The Morgan fingerprint density at radius 1 is 1.39 bits per heavy atom. The van der Waals surface area contributed by atoms with Gasteiger partial charge in [0.15, 0.2) is 0 Å². The topological polar surface area (TPSA) is 58.6 Å². The Balaban J connectivity index is 2.39. The predicted molar refractivity (Wildman–Crippen MR) is 70.1 cm³/mol. The fraction of sp³-hybridized carbons (Fsp3) is 0.500. The standard InChI is InChI=1S/C14H21NO3/c1-14(2,18-3)9-13(17)15-10-12(16)11-7-5-4-6-8-11/h4-8,12,16H,9-10H2,1-3H3,(H,15,17). The summed E-state index contributed by atoms with van der Waals surface area (Å²) in [7, 11) is 1.58. The summed E-state index contributed by atoms with van der Waals surface area (Å²) in [5, 5.41) is 12.6. The summed E-state index contributed by atoms with van der Waals surface area (Å²) in [4.78, 5) is 11.7. The first-order chi connectivity index (χ1) is 8.44. The quantitative estimate of drug-likeness (QED) is 0.808. The van der Waals surface area contributed by atoms with Crippen LogP contribution in [0.15, 0.2) is 30.3 Å². The van der Waals surface area contributed by atoms with Gasteiger partial charge in [0.05, 0.1) is 18.1 Å². The zero-order valence-corrected chi connectivity index (χ0v) is 11.1. The molecule has 1 atom stereocenters. The Kier molecular flexibility index (Phi) is 5.31. The summed E-state index contributed by atoms with van der Waals surface area (Å²) in [5.41, 5.74) is 0.311. The van der Waals surface area contributed by atoms with Gasteiger partial charge in [0.1, 0.15) is 0 Å². The molecule has 0 saturated heterocycles. The number of benzene rings is 1. The monoisotopic (exact) mass is 251 g/mol. The van der Waals surface area contributed by atoms with E-state index in [1.807, 2.05) is 44.2 Å². The van der Waals surface area contributed by atoms with E-state index in [9.17, 15) is 9.90 Å². The van der Waals surface area contributed by atoms with Crippen LogP contribution in [0.25, 0.3) is 0 Å². The third-order valence-corrected chi connectivity index (χ3v) is 2.82. The number of aliphatic hydroxyl groups is 1. The van der Waals surface area contributed by atoms with Gasteiger partial charge < -0.3 is 15.2 Å². The molecule has 1 unspecified atom stereocenters. The number of aliphatic hydroxyl groups excluding tert-OH is 1. The van der Waals surface area contributed by atoms with E-state index in [2.05, 4.69) is 5.32 Å². The molecular weight excluding hydrogens is 230 g/mol. The second-order valence-corrected chi connectivity index (χ2v) is 4.87. The van der Waals surface area contributed by atoms with Crippen LogP contribution in [-0.4, -0.2) is 30.3 Å². The van der Waals surface area contributed by atoms with Crippen LogP contribution in [0.1, 0.15) is 31.9 Å². The van der Waals surface area contributed by atoms with Crippen LogP contribution in [0.2, 0.25) is 0 Å². The Morgan fingerprint density at radius 2 is 2.00 bits per heavy atom. The van der Waals surface area contributed by atoms with Crippen LogP contribution >= 0.6 is 0 Å². The number of rotatable bonds is 6. The Hall–Kier alpha value is -1.39. The molecule has 0 aliphatic carbocycles. The molecule has 18 heavy (non-hydrogen) atoms. The number of hydrogen-bond donors (Lipinski definition) is 2. The summed E-state index contributed by atoms with van der Waals surface area (Å²) in [6, 6.07) is 9.25. The van der Waals surface area contributed by atoms with E-state index < -0.39 is 11.7 Å². The third-order valence-electron chi connectivity index (χ3n) is 2.82. The summed E-state index contributed by atoms with van der Waals surface area (Å²) in [5.74, 6) is -0.128. The second-order valence-electron chi connectivity index (χ2n) is 4.87. The van der Waals surface area contributed by atoms with E-state index in [-0.39, 0.29) is 18.9 Å². The van der Waals surface area contributed by atoms with Crippen molar-refractivity contribution in [3.63, 3.8) is 0 Å². The summed E-state index contributed by atoms with van der Waals surface area (Å²) >= 11 is 0. The van der Waals surface area contributed by atoms with Gasteiger partial charge in [0.2, 0.25) is 5.91 Å². The number of amides is 1. The van der Waals surface area contributed by atoms with E-state index in [4.69, 9.17) is 4.74 Å². The number of methoxy groups -OCH3 is 1. The average Bonchev–Trinajstić information content (AvgIpc) is 2.36. The molecule has 0 fully saturated rings. The van der Waals surface area contributed by atoms with Crippen molar-refractivity contribution in [2.45, 2.75) is 32.0 Å². The zero-order valence-electron chi connectivity index (χ0n) is 11.1. The van der Waals surface area contributed by atoms with Gasteiger partial charge in [-0.15, -0.1) is 0 Å². The van der Waals surface area contributed by atoms with Gasteiger partial charge in [-0.2, -0.15) is 0 Å². The van der Waals surface area contributed by atoms with Crippen molar-refractivity contribution in [2.24, 2.45) is 0 Å². The lowest BCUT2D eigenvalue weighted by atomic mass is 10.0. The van der Waals surface area contributed by atoms with E-state index >= 15 is 0 Å². The third kappa shape index (κ3) is 4.85. The van der Waals surface area contributed by atoms with Crippen LogP contribution in [0, 0.1) is 0 Å². The highest BCUT2D eigenvalue weighted by molar-refractivity contribution is 5.76. The minimum atomic E-state index is -0.680. The van der Waals surface area contributed by atoms with Gasteiger partial charge in [-0.1, -0.05) is 30.3 Å². The molecular formula is C14H21NO3. The largest absolute Gasteiger partial charge is 0.387 e. The van der Waals surface area contributed by atoms with Crippen molar-refractivity contribution in [1.82, 2.24) is 5.32 Å². The van der Waals surface area contributed by atoms with Crippen molar-refractivity contribution in [3.8, 4) is 0 Å². The van der Waals surface area contributed by atoms with Crippen molar-refractivity contribution >= 4 is 5.91 Å². The van der Waals surface area contributed by atoms with Gasteiger partial charge >= 0.3 is 0 Å². The van der Waals surface area contributed by atoms with Gasteiger partial charge in [0.25, 0.3) is 0 Å². The molecule has 0 spiro atoms. The van der Waals surface area contributed by atoms with Crippen molar-refractivity contribution in [1.29, 1.82) is 0 Å². The van der Waals surface area contributed by atoms with E-state index in [0.29, 0.717) is 0 Å².